The fourth-order valence-electron chi connectivity index (χ4n) is 1.35. The van der Waals surface area contributed by atoms with Gasteiger partial charge in [-0.2, -0.15) is 0 Å². The van der Waals surface area contributed by atoms with Crippen molar-refractivity contribution in [2.45, 2.75) is 33.3 Å². The Morgan fingerprint density at radius 1 is 1.38 bits per heavy atom. The van der Waals surface area contributed by atoms with Crippen LogP contribution in [0.1, 0.15) is 26.3 Å². The molecule has 1 heterocycles. The van der Waals surface area contributed by atoms with Crippen LogP contribution in [0, 0.1) is 0 Å². The smallest absolute Gasteiger partial charge is 0.222 e. The Kier molecular flexibility index (Phi) is 4.98. The number of hydrogen-bond acceptors (Lipinski definition) is 5. The van der Waals surface area contributed by atoms with Crippen molar-refractivity contribution in [3.05, 3.63) is 11.9 Å². The Bertz CT molecular complexity index is 331. The molecule has 0 fully saturated rings. The molecule has 5 heteroatoms. The number of nitrogens with zero attached hydrogens (tertiary/aromatic N) is 2. The van der Waals surface area contributed by atoms with E-state index in [1.807, 2.05) is 20.8 Å². The molecule has 1 aromatic heterocycles. The van der Waals surface area contributed by atoms with Crippen molar-refractivity contribution in [2.75, 3.05) is 18.9 Å². The van der Waals surface area contributed by atoms with Crippen LogP contribution >= 0.6 is 0 Å². The lowest BCUT2D eigenvalue weighted by molar-refractivity contribution is 0.0628. The van der Waals surface area contributed by atoms with E-state index in [4.69, 9.17) is 15.2 Å². The van der Waals surface area contributed by atoms with Crippen molar-refractivity contribution in [1.29, 1.82) is 0 Å². The molecule has 1 aromatic rings. The van der Waals surface area contributed by atoms with Gasteiger partial charge in [0.25, 0.3) is 0 Å². The fourth-order valence-corrected chi connectivity index (χ4v) is 1.35. The zero-order valence-electron chi connectivity index (χ0n) is 10.1. The molecule has 0 spiro atoms. The number of ether oxygens (including phenoxy) is 2. The van der Waals surface area contributed by atoms with Gasteiger partial charge in [0, 0.05) is 6.61 Å². The van der Waals surface area contributed by atoms with E-state index >= 15 is 0 Å². The number of rotatable bonds is 6. The Hall–Kier alpha value is -1.36. The van der Waals surface area contributed by atoms with E-state index in [1.54, 1.807) is 0 Å². The van der Waals surface area contributed by atoms with Crippen molar-refractivity contribution in [3.63, 3.8) is 0 Å². The molecule has 0 aliphatic rings. The normalized spacial score (nSPS) is 12.4. The Morgan fingerprint density at radius 2 is 2.12 bits per heavy atom. The molecule has 1 rings (SSSR count). The van der Waals surface area contributed by atoms with Gasteiger partial charge >= 0.3 is 0 Å². The van der Waals surface area contributed by atoms with Crippen molar-refractivity contribution in [1.82, 2.24) is 9.97 Å². The van der Waals surface area contributed by atoms with Gasteiger partial charge in [0.15, 0.2) is 0 Å². The van der Waals surface area contributed by atoms with Crippen LogP contribution in [-0.2, 0) is 11.2 Å². The summed E-state index contributed by atoms with van der Waals surface area (Å²) in [4.78, 5) is 8.03. The SMILES string of the molecule is CCOCC(C)Oc1ncnc(N)c1CC. The van der Waals surface area contributed by atoms with Crippen LogP contribution in [0.25, 0.3) is 0 Å². The second-order valence-electron chi connectivity index (χ2n) is 3.48. The summed E-state index contributed by atoms with van der Waals surface area (Å²) in [6.07, 6.45) is 2.13. The molecule has 0 aliphatic carbocycles. The van der Waals surface area contributed by atoms with Crippen LogP contribution in [-0.4, -0.2) is 29.3 Å². The first kappa shape index (κ1) is 12.7. The average molecular weight is 225 g/mol. The molecule has 0 bridgehead atoms. The first-order valence-electron chi connectivity index (χ1n) is 5.52. The Labute approximate surface area is 96.0 Å². The van der Waals surface area contributed by atoms with Crippen LogP contribution < -0.4 is 10.5 Å². The highest BCUT2D eigenvalue weighted by Crippen LogP contribution is 2.20. The van der Waals surface area contributed by atoms with E-state index in [9.17, 15) is 0 Å². The maximum Gasteiger partial charge on any atom is 0.222 e. The summed E-state index contributed by atoms with van der Waals surface area (Å²) in [6, 6.07) is 0. The zero-order valence-corrected chi connectivity index (χ0v) is 10.1. The summed E-state index contributed by atoms with van der Waals surface area (Å²) in [5.74, 6) is 1.04. The minimum Gasteiger partial charge on any atom is -0.472 e. The molecular formula is C11H19N3O2. The van der Waals surface area contributed by atoms with Gasteiger partial charge in [-0.05, 0) is 20.3 Å². The molecule has 5 nitrogen and oxygen atoms in total. The van der Waals surface area contributed by atoms with Crippen LogP contribution in [0.2, 0.25) is 0 Å². The third kappa shape index (κ3) is 3.34. The summed E-state index contributed by atoms with van der Waals surface area (Å²) >= 11 is 0. The molecule has 1 unspecified atom stereocenters. The van der Waals surface area contributed by atoms with E-state index in [2.05, 4.69) is 9.97 Å². The quantitative estimate of drug-likeness (QED) is 0.793. The lowest BCUT2D eigenvalue weighted by atomic mass is 10.2. The lowest BCUT2D eigenvalue weighted by Crippen LogP contribution is -2.20. The maximum atomic E-state index is 5.75. The molecule has 0 amide bonds. The van der Waals surface area contributed by atoms with Gasteiger partial charge in [0.2, 0.25) is 5.88 Å². The van der Waals surface area contributed by atoms with E-state index in [1.165, 1.54) is 6.33 Å². The highest BCUT2D eigenvalue weighted by molar-refractivity contribution is 5.44. The van der Waals surface area contributed by atoms with Crippen LogP contribution in [0.5, 0.6) is 5.88 Å². The van der Waals surface area contributed by atoms with E-state index in [-0.39, 0.29) is 6.10 Å². The van der Waals surface area contributed by atoms with Gasteiger partial charge in [-0.25, -0.2) is 9.97 Å². The predicted octanol–water partition coefficient (Wildman–Crippen LogP) is 1.42. The van der Waals surface area contributed by atoms with Crippen molar-refractivity contribution in [3.8, 4) is 5.88 Å². The second-order valence-corrected chi connectivity index (χ2v) is 3.48. The van der Waals surface area contributed by atoms with Crippen LogP contribution in [0.4, 0.5) is 5.82 Å². The van der Waals surface area contributed by atoms with Gasteiger partial charge in [0.1, 0.15) is 18.2 Å². The zero-order chi connectivity index (χ0) is 12.0. The van der Waals surface area contributed by atoms with Gasteiger partial charge in [-0.3, -0.25) is 0 Å². The van der Waals surface area contributed by atoms with Crippen molar-refractivity contribution in [2.24, 2.45) is 0 Å². The minimum absolute atomic E-state index is 0.0421. The third-order valence-corrected chi connectivity index (χ3v) is 2.16. The molecule has 16 heavy (non-hydrogen) atoms. The van der Waals surface area contributed by atoms with Crippen molar-refractivity contribution < 1.29 is 9.47 Å². The fraction of sp³-hybridized carbons (Fsp3) is 0.636. The Balaban J connectivity index is 2.69. The van der Waals surface area contributed by atoms with E-state index in [0.29, 0.717) is 24.9 Å². The summed E-state index contributed by atoms with van der Waals surface area (Å²) in [6.45, 7) is 7.11. The summed E-state index contributed by atoms with van der Waals surface area (Å²) < 4.78 is 10.9. The van der Waals surface area contributed by atoms with Crippen molar-refractivity contribution >= 4 is 5.82 Å². The molecule has 90 valence electrons. The van der Waals surface area contributed by atoms with E-state index < -0.39 is 0 Å². The monoisotopic (exact) mass is 225 g/mol. The molecule has 0 aliphatic heterocycles. The lowest BCUT2D eigenvalue weighted by Gasteiger charge is -2.16. The Morgan fingerprint density at radius 3 is 2.75 bits per heavy atom. The first-order chi connectivity index (χ1) is 7.69. The average Bonchev–Trinajstić information content (AvgIpc) is 2.27. The first-order valence-corrected chi connectivity index (χ1v) is 5.52. The molecule has 0 aromatic carbocycles. The third-order valence-electron chi connectivity index (χ3n) is 2.16. The predicted molar refractivity (Wildman–Crippen MR) is 62.4 cm³/mol. The van der Waals surface area contributed by atoms with E-state index in [0.717, 1.165) is 12.0 Å². The summed E-state index contributed by atoms with van der Waals surface area (Å²) in [7, 11) is 0. The van der Waals surface area contributed by atoms with Gasteiger partial charge in [-0.15, -0.1) is 0 Å². The molecule has 2 N–H and O–H groups in total. The number of hydrogen-bond donors (Lipinski definition) is 1. The maximum absolute atomic E-state index is 5.75. The van der Waals surface area contributed by atoms with Gasteiger partial charge in [0.05, 0.1) is 12.2 Å². The molecule has 0 radical (unpaired) electrons. The molecule has 0 saturated carbocycles. The largest absolute Gasteiger partial charge is 0.472 e. The number of anilines is 1. The number of aromatic nitrogens is 2. The highest BCUT2D eigenvalue weighted by atomic mass is 16.5. The van der Waals surface area contributed by atoms with Crippen LogP contribution in [0.3, 0.4) is 0 Å². The highest BCUT2D eigenvalue weighted by Gasteiger charge is 2.11. The second kappa shape index (κ2) is 6.27. The number of nitrogen functional groups attached to an aromatic ring is 1. The topological polar surface area (TPSA) is 70.3 Å². The standard InChI is InChI=1S/C11H19N3O2/c1-4-9-10(12)13-7-14-11(9)16-8(3)6-15-5-2/h7-8H,4-6H2,1-3H3,(H2,12,13,14). The van der Waals surface area contributed by atoms with Gasteiger partial charge in [-0.1, -0.05) is 6.92 Å². The number of nitrogens with two attached hydrogens (primary N) is 1. The molecule has 1 atom stereocenters. The summed E-state index contributed by atoms with van der Waals surface area (Å²) in [5, 5.41) is 0. The summed E-state index contributed by atoms with van der Waals surface area (Å²) in [5.41, 5.74) is 6.60. The van der Waals surface area contributed by atoms with Gasteiger partial charge < -0.3 is 15.2 Å². The molecule has 0 saturated heterocycles. The minimum atomic E-state index is -0.0421. The molecular weight excluding hydrogens is 206 g/mol. The van der Waals surface area contributed by atoms with Crippen LogP contribution in [0.15, 0.2) is 6.33 Å².